The molecular weight excluding hydrogens is 488 g/mol. The highest BCUT2D eigenvalue weighted by molar-refractivity contribution is 9.10. The number of thiazole rings is 1. The van der Waals surface area contributed by atoms with Crippen LogP contribution in [-0.4, -0.2) is 17.6 Å². The molecule has 152 valence electrons. The van der Waals surface area contributed by atoms with Gasteiger partial charge in [-0.3, -0.25) is 9.36 Å². The van der Waals surface area contributed by atoms with E-state index in [-0.39, 0.29) is 5.56 Å². The monoisotopic (exact) mass is 502 g/mol. The van der Waals surface area contributed by atoms with Gasteiger partial charge in [0, 0.05) is 9.50 Å². The van der Waals surface area contributed by atoms with Crippen molar-refractivity contribution in [2.75, 3.05) is 7.11 Å². The second kappa shape index (κ2) is 8.34. The number of esters is 1. The molecule has 0 spiro atoms. The number of carbonyl (C=O) groups excluding carboxylic acids is 1. The van der Waals surface area contributed by atoms with Gasteiger partial charge in [-0.1, -0.05) is 63.1 Å². The molecule has 30 heavy (non-hydrogen) atoms. The lowest BCUT2D eigenvalue weighted by Crippen LogP contribution is -2.39. The van der Waals surface area contributed by atoms with Crippen LogP contribution in [0.5, 0.6) is 0 Å². The minimum Gasteiger partial charge on any atom is -0.466 e. The summed E-state index contributed by atoms with van der Waals surface area (Å²) >= 11 is 10.8. The van der Waals surface area contributed by atoms with Crippen LogP contribution < -0.4 is 14.9 Å². The Labute approximate surface area is 189 Å². The van der Waals surface area contributed by atoms with Crippen LogP contribution in [0.25, 0.3) is 6.08 Å². The van der Waals surface area contributed by atoms with E-state index in [1.54, 1.807) is 35.8 Å². The van der Waals surface area contributed by atoms with Crippen molar-refractivity contribution in [1.82, 2.24) is 4.57 Å². The molecule has 8 heteroatoms. The van der Waals surface area contributed by atoms with Gasteiger partial charge in [0.1, 0.15) is 0 Å². The van der Waals surface area contributed by atoms with Gasteiger partial charge in [-0.05, 0) is 48.4 Å². The average Bonchev–Trinajstić information content (AvgIpc) is 3.03. The fourth-order valence-corrected chi connectivity index (χ4v) is 4.80. The Kier molecular flexibility index (Phi) is 5.77. The summed E-state index contributed by atoms with van der Waals surface area (Å²) in [4.78, 5) is 31.0. The Bertz CT molecular complexity index is 1340. The summed E-state index contributed by atoms with van der Waals surface area (Å²) in [5, 5.41) is 0.571. The number of aromatic nitrogens is 1. The van der Waals surface area contributed by atoms with E-state index in [0.717, 1.165) is 15.6 Å². The van der Waals surface area contributed by atoms with E-state index in [2.05, 4.69) is 20.9 Å². The van der Waals surface area contributed by atoms with Crippen molar-refractivity contribution in [2.45, 2.75) is 13.0 Å². The Morgan fingerprint density at radius 1 is 1.20 bits per heavy atom. The van der Waals surface area contributed by atoms with Crippen LogP contribution >= 0.6 is 38.9 Å². The van der Waals surface area contributed by atoms with E-state index in [1.165, 1.54) is 18.4 Å². The molecule has 0 radical (unpaired) electrons. The van der Waals surface area contributed by atoms with E-state index in [9.17, 15) is 9.59 Å². The molecule has 4 rings (SSSR count). The summed E-state index contributed by atoms with van der Waals surface area (Å²) in [5.74, 6) is -0.515. The molecular formula is C22H16BrClN2O3S. The molecule has 1 aliphatic rings. The number of hydrogen-bond donors (Lipinski definition) is 0. The summed E-state index contributed by atoms with van der Waals surface area (Å²) in [6, 6.07) is 14.1. The van der Waals surface area contributed by atoms with Crippen LogP contribution in [0.2, 0.25) is 5.02 Å². The molecule has 0 unspecified atom stereocenters. The molecule has 2 heterocycles. The minimum atomic E-state index is -0.641. The minimum absolute atomic E-state index is 0.212. The molecule has 2 aromatic carbocycles. The molecule has 0 aliphatic carbocycles. The standard InChI is InChI=1S/C22H16BrClN2O3S/c1-12-18(21(28)29-2)19(14-5-9-16(24)10-6-14)26-20(27)17(30-22(26)25-12)11-13-3-7-15(23)8-4-13/h3-11,19H,1-2H3/b17-11-/t19-/m0/s1. The summed E-state index contributed by atoms with van der Waals surface area (Å²) < 4.78 is 8.05. The Balaban J connectivity index is 1.96. The van der Waals surface area contributed by atoms with E-state index in [0.29, 0.717) is 25.6 Å². The molecule has 3 aromatic rings. The molecule has 1 atom stereocenters. The van der Waals surface area contributed by atoms with Gasteiger partial charge < -0.3 is 4.74 Å². The van der Waals surface area contributed by atoms with Crippen LogP contribution in [0.15, 0.2) is 74.1 Å². The molecule has 1 aromatic heterocycles. The first-order valence-electron chi connectivity index (χ1n) is 9.01. The zero-order valence-corrected chi connectivity index (χ0v) is 19.2. The van der Waals surface area contributed by atoms with Crippen molar-refractivity contribution in [1.29, 1.82) is 0 Å². The van der Waals surface area contributed by atoms with Crippen molar-refractivity contribution >= 4 is 50.9 Å². The van der Waals surface area contributed by atoms with E-state index in [1.807, 2.05) is 30.3 Å². The number of benzene rings is 2. The lowest BCUT2D eigenvalue weighted by molar-refractivity contribution is -0.136. The number of allylic oxidation sites excluding steroid dienone is 1. The number of hydrogen-bond acceptors (Lipinski definition) is 5. The molecule has 0 saturated heterocycles. The molecule has 0 N–H and O–H groups in total. The lowest BCUT2D eigenvalue weighted by atomic mass is 9.96. The van der Waals surface area contributed by atoms with Gasteiger partial charge in [-0.25, -0.2) is 9.79 Å². The highest BCUT2D eigenvalue weighted by atomic mass is 79.9. The van der Waals surface area contributed by atoms with Gasteiger partial charge in [-0.2, -0.15) is 0 Å². The van der Waals surface area contributed by atoms with Crippen LogP contribution in [0.3, 0.4) is 0 Å². The van der Waals surface area contributed by atoms with Crippen molar-refractivity contribution in [3.8, 4) is 0 Å². The quantitative estimate of drug-likeness (QED) is 0.511. The molecule has 0 fully saturated rings. The SMILES string of the molecule is COC(=O)C1=C(C)N=c2s/c(=C\c3ccc(Br)cc3)c(=O)n2[C@H]1c1ccc(Cl)cc1. The smallest absolute Gasteiger partial charge is 0.338 e. The molecule has 5 nitrogen and oxygen atoms in total. The average molecular weight is 504 g/mol. The number of ether oxygens (including phenoxy) is 1. The van der Waals surface area contributed by atoms with Crippen molar-refractivity contribution in [2.24, 2.45) is 4.99 Å². The van der Waals surface area contributed by atoms with Crippen LogP contribution in [0, 0.1) is 0 Å². The number of methoxy groups -OCH3 is 1. The number of carbonyl (C=O) groups is 1. The maximum Gasteiger partial charge on any atom is 0.338 e. The highest BCUT2D eigenvalue weighted by Gasteiger charge is 2.32. The topological polar surface area (TPSA) is 60.7 Å². The van der Waals surface area contributed by atoms with Crippen LogP contribution in [0.4, 0.5) is 0 Å². The van der Waals surface area contributed by atoms with Crippen molar-refractivity contribution < 1.29 is 9.53 Å². The third-order valence-corrected chi connectivity index (χ3v) is 6.54. The molecule has 0 saturated carbocycles. The summed E-state index contributed by atoms with van der Waals surface area (Å²) in [6.45, 7) is 1.75. The van der Waals surface area contributed by atoms with Crippen LogP contribution in [0.1, 0.15) is 24.1 Å². The van der Waals surface area contributed by atoms with Crippen molar-refractivity contribution in [3.63, 3.8) is 0 Å². The predicted molar refractivity (Wildman–Crippen MR) is 121 cm³/mol. The Morgan fingerprint density at radius 2 is 1.87 bits per heavy atom. The third kappa shape index (κ3) is 3.80. The Hall–Kier alpha value is -2.48. The first kappa shape index (κ1) is 20.8. The van der Waals surface area contributed by atoms with Gasteiger partial charge in [-0.15, -0.1) is 0 Å². The van der Waals surface area contributed by atoms with Gasteiger partial charge >= 0.3 is 5.97 Å². The normalized spacial score (nSPS) is 16.3. The first-order chi connectivity index (χ1) is 14.4. The van der Waals surface area contributed by atoms with Gasteiger partial charge in [0.05, 0.1) is 29.0 Å². The maximum absolute atomic E-state index is 13.4. The first-order valence-corrected chi connectivity index (χ1v) is 11.0. The third-order valence-electron chi connectivity index (χ3n) is 4.78. The summed E-state index contributed by atoms with van der Waals surface area (Å²) in [6.07, 6.45) is 1.83. The van der Waals surface area contributed by atoms with E-state index >= 15 is 0 Å². The number of fused-ring (bicyclic) bond motifs is 1. The largest absolute Gasteiger partial charge is 0.466 e. The Morgan fingerprint density at radius 3 is 2.50 bits per heavy atom. The van der Waals surface area contributed by atoms with Crippen LogP contribution in [-0.2, 0) is 9.53 Å². The molecule has 1 aliphatic heterocycles. The molecule has 0 bridgehead atoms. The fourth-order valence-electron chi connectivity index (χ4n) is 3.36. The maximum atomic E-state index is 13.4. The zero-order valence-electron chi connectivity index (χ0n) is 16.1. The zero-order chi connectivity index (χ0) is 21.4. The number of nitrogens with zero attached hydrogens (tertiary/aromatic N) is 2. The van der Waals surface area contributed by atoms with E-state index in [4.69, 9.17) is 16.3 Å². The summed E-state index contributed by atoms with van der Waals surface area (Å²) in [5.41, 5.74) is 2.30. The molecule has 0 amide bonds. The fraction of sp³-hybridized carbons (Fsp3) is 0.136. The highest BCUT2D eigenvalue weighted by Crippen LogP contribution is 2.31. The second-order valence-electron chi connectivity index (χ2n) is 6.68. The number of rotatable bonds is 3. The van der Waals surface area contributed by atoms with Gasteiger partial charge in [0.25, 0.3) is 5.56 Å². The van der Waals surface area contributed by atoms with E-state index < -0.39 is 12.0 Å². The summed E-state index contributed by atoms with van der Waals surface area (Å²) in [7, 11) is 1.32. The second-order valence-corrected chi connectivity index (χ2v) is 9.04. The van der Waals surface area contributed by atoms with Crippen molar-refractivity contribution in [3.05, 3.63) is 100 Å². The predicted octanol–water partition coefficient (Wildman–Crippen LogP) is 3.82. The van der Waals surface area contributed by atoms with Gasteiger partial charge in [0.2, 0.25) is 0 Å². The number of halogens is 2. The lowest BCUT2D eigenvalue weighted by Gasteiger charge is -2.24. The van der Waals surface area contributed by atoms with Gasteiger partial charge in [0.15, 0.2) is 4.80 Å².